The number of nitrogens with zero attached hydrogens (tertiary/aromatic N) is 5. The molecule has 0 atom stereocenters. The molecule has 0 N–H and O–H groups in total. The molecule has 0 aliphatic carbocycles. The predicted molar refractivity (Wildman–Crippen MR) is 99.9 cm³/mol. The minimum absolute atomic E-state index is 0.718. The van der Waals surface area contributed by atoms with Gasteiger partial charge in [-0.05, 0) is 59.7 Å². The van der Waals surface area contributed by atoms with Gasteiger partial charge in [0.1, 0.15) is 0 Å². The maximum atomic E-state index is 4.70. The monoisotopic (exact) mass is 347 g/mol. The highest BCUT2D eigenvalue weighted by Gasteiger charge is 2.10. The molecular weight excluding hydrogens is 330 g/mol. The molecule has 0 bridgehead atoms. The lowest BCUT2D eigenvalue weighted by Gasteiger charge is -2.07. The molecule has 2 heterocycles. The Balaban J connectivity index is 1.57. The summed E-state index contributed by atoms with van der Waals surface area (Å²) in [5, 5.41) is 14.0. The van der Waals surface area contributed by atoms with Crippen molar-refractivity contribution in [2.75, 3.05) is 0 Å². The summed E-state index contributed by atoms with van der Waals surface area (Å²) in [5.41, 5.74) is 5.47. The van der Waals surface area contributed by atoms with Crippen LogP contribution in [-0.2, 0) is 5.75 Å². The van der Waals surface area contributed by atoms with E-state index in [-0.39, 0.29) is 0 Å². The van der Waals surface area contributed by atoms with Crippen molar-refractivity contribution in [1.29, 1.82) is 0 Å². The normalized spacial score (nSPS) is 11.1. The molecule has 0 saturated heterocycles. The van der Waals surface area contributed by atoms with Crippen LogP contribution in [0.4, 0.5) is 0 Å². The summed E-state index contributed by atoms with van der Waals surface area (Å²) in [5.74, 6) is 0.718. The summed E-state index contributed by atoms with van der Waals surface area (Å²) in [4.78, 5) is 4.70. The van der Waals surface area contributed by atoms with Gasteiger partial charge >= 0.3 is 0 Å². The first kappa shape index (κ1) is 15.8. The molecule has 0 aliphatic heterocycles. The quantitative estimate of drug-likeness (QED) is 0.520. The van der Waals surface area contributed by atoms with Gasteiger partial charge in [-0.2, -0.15) is 4.68 Å². The van der Waals surface area contributed by atoms with E-state index in [4.69, 9.17) is 4.98 Å². The van der Waals surface area contributed by atoms with E-state index in [0.717, 1.165) is 33.2 Å². The second-order valence-corrected chi connectivity index (χ2v) is 6.87. The second-order valence-electron chi connectivity index (χ2n) is 5.93. The van der Waals surface area contributed by atoms with Crippen molar-refractivity contribution >= 4 is 22.7 Å². The number of aryl methyl sites for hydroxylation is 2. The minimum Gasteiger partial charge on any atom is -0.252 e. The highest BCUT2D eigenvalue weighted by atomic mass is 32.2. The van der Waals surface area contributed by atoms with E-state index in [1.54, 1.807) is 16.4 Å². The summed E-state index contributed by atoms with van der Waals surface area (Å²) >= 11 is 1.58. The summed E-state index contributed by atoms with van der Waals surface area (Å²) in [6, 6.07) is 18.5. The molecule has 0 saturated carbocycles. The third kappa shape index (κ3) is 3.25. The van der Waals surface area contributed by atoms with Gasteiger partial charge in [0, 0.05) is 11.1 Å². The van der Waals surface area contributed by atoms with Crippen LogP contribution in [0.1, 0.15) is 16.8 Å². The van der Waals surface area contributed by atoms with Gasteiger partial charge in [-0.15, -0.1) is 5.10 Å². The van der Waals surface area contributed by atoms with Crippen molar-refractivity contribution in [1.82, 2.24) is 25.2 Å². The van der Waals surface area contributed by atoms with Gasteiger partial charge in [-0.25, -0.2) is 0 Å². The van der Waals surface area contributed by atoms with E-state index in [0.29, 0.717) is 0 Å². The third-order valence-electron chi connectivity index (χ3n) is 4.18. The first-order valence-electron chi connectivity index (χ1n) is 8.04. The maximum Gasteiger partial charge on any atom is 0.214 e. The number of hydrogen-bond acceptors (Lipinski definition) is 5. The van der Waals surface area contributed by atoms with Crippen LogP contribution < -0.4 is 0 Å². The fourth-order valence-corrected chi connectivity index (χ4v) is 3.41. The fourth-order valence-electron chi connectivity index (χ4n) is 2.62. The summed E-state index contributed by atoms with van der Waals surface area (Å²) in [6.07, 6.45) is 0. The molecule has 2 aromatic carbocycles. The zero-order valence-corrected chi connectivity index (χ0v) is 14.9. The van der Waals surface area contributed by atoms with Gasteiger partial charge < -0.3 is 0 Å². The average molecular weight is 347 g/mol. The van der Waals surface area contributed by atoms with Crippen LogP contribution >= 0.6 is 11.8 Å². The average Bonchev–Trinajstić information content (AvgIpc) is 3.11. The SMILES string of the molecule is Cc1ccc(-n2nnnc2SCc2ccc3ccccc3n2)cc1C. The predicted octanol–water partition coefficient (Wildman–Crippen LogP) is 4.12. The smallest absolute Gasteiger partial charge is 0.214 e. The van der Waals surface area contributed by atoms with E-state index >= 15 is 0 Å². The number of pyridine rings is 1. The zero-order valence-electron chi connectivity index (χ0n) is 14.0. The van der Waals surface area contributed by atoms with Crippen molar-refractivity contribution in [2.24, 2.45) is 0 Å². The Bertz CT molecular complexity index is 1040. The molecule has 0 unspecified atom stereocenters. The van der Waals surface area contributed by atoms with E-state index < -0.39 is 0 Å². The molecule has 5 nitrogen and oxygen atoms in total. The van der Waals surface area contributed by atoms with E-state index in [1.807, 2.05) is 24.3 Å². The highest BCUT2D eigenvalue weighted by Crippen LogP contribution is 2.23. The number of tetrazole rings is 1. The lowest BCUT2D eigenvalue weighted by Crippen LogP contribution is -2.00. The topological polar surface area (TPSA) is 56.5 Å². The molecule has 0 aliphatic rings. The first-order chi connectivity index (χ1) is 12.2. The van der Waals surface area contributed by atoms with Crippen LogP contribution in [0.3, 0.4) is 0 Å². The number of aromatic nitrogens is 5. The Morgan fingerprint density at radius 1 is 0.960 bits per heavy atom. The van der Waals surface area contributed by atoms with Crippen molar-refractivity contribution in [3.8, 4) is 5.69 Å². The molecule has 0 fully saturated rings. The Labute approximate surface area is 150 Å². The number of benzene rings is 2. The van der Waals surface area contributed by atoms with Gasteiger partial charge in [-0.3, -0.25) is 4.98 Å². The van der Waals surface area contributed by atoms with Crippen LogP contribution in [0.5, 0.6) is 0 Å². The van der Waals surface area contributed by atoms with Gasteiger partial charge in [0.25, 0.3) is 0 Å². The van der Waals surface area contributed by atoms with Crippen molar-refractivity contribution in [3.05, 3.63) is 71.4 Å². The molecule has 4 aromatic rings. The molecule has 4 rings (SSSR count). The molecular formula is C19H17N5S. The van der Waals surface area contributed by atoms with Gasteiger partial charge in [0.05, 0.1) is 16.9 Å². The maximum absolute atomic E-state index is 4.70. The van der Waals surface area contributed by atoms with Crippen molar-refractivity contribution in [3.63, 3.8) is 0 Å². The Kier molecular flexibility index (Phi) is 4.19. The number of fused-ring (bicyclic) bond motifs is 1. The van der Waals surface area contributed by atoms with Crippen LogP contribution in [0.25, 0.3) is 16.6 Å². The van der Waals surface area contributed by atoms with Crippen LogP contribution in [-0.4, -0.2) is 25.2 Å². The zero-order chi connectivity index (χ0) is 17.2. The van der Waals surface area contributed by atoms with Crippen LogP contribution in [0, 0.1) is 13.8 Å². The number of para-hydroxylation sites is 1. The lowest BCUT2D eigenvalue weighted by atomic mass is 10.1. The lowest BCUT2D eigenvalue weighted by molar-refractivity contribution is 0.755. The summed E-state index contributed by atoms with van der Waals surface area (Å²) in [6.45, 7) is 4.19. The first-order valence-corrected chi connectivity index (χ1v) is 9.03. The molecule has 0 spiro atoms. The van der Waals surface area contributed by atoms with Crippen molar-refractivity contribution < 1.29 is 0 Å². The summed E-state index contributed by atoms with van der Waals surface area (Å²) in [7, 11) is 0. The number of hydrogen-bond donors (Lipinski definition) is 0. The molecule has 6 heteroatoms. The van der Waals surface area contributed by atoms with Crippen molar-refractivity contribution in [2.45, 2.75) is 24.8 Å². The minimum atomic E-state index is 0.718. The summed E-state index contributed by atoms with van der Waals surface area (Å²) < 4.78 is 1.78. The standard InChI is InChI=1S/C19H17N5S/c1-13-7-10-17(11-14(13)2)24-19(21-22-23-24)25-12-16-9-8-15-5-3-4-6-18(15)20-16/h3-11H,12H2,1-2H3. The third-order valence-corrected chi connectivity index (χ3v) is 5.13. The molecule has 25 heavy (non-hydrogen) atoms. The van der Waals surface area contributed by atoms with Crippen LogP contribution in [0.2, 0.25) is 0 Å². The molecule has 0 amide bonds. The van der Waals surface area contributed by atoms with E-state index in [9.17, 15) is 0 Å². The highest BCUT2D eigenvalue weighted by molar-refractivity contribution is 7.98. The Hall–Kier alpha value is -2.73. The molecule has 124 valence electrons. The number of thioether (sulfide) groups is 1. The second kappa shape index (κ2) is 6.64. The van der Waals surface area contributed by atoms with Crippen LogP contribution in [0.15, 0.2) is 59.8 Å². The number of rotatable bonds is 4. The fraction of sp³-hybridized carbons (Fsp3) is 0.158. The van der Waals surface area contributed by atoms with Gasteiger partial charge in [0.2, 0.25) is 5.16 Å². The van der Waals surface area contributed by atoms with E-state index in [2.05, 4.69) is 59.7 Å². The van der Waals surface area contributed by atoms with Gasteiger partial charge in [0.15, 0.2) is 0 Å². The Morgan fingerprint density at radius 3 is 2.72 bits per heavy atom. The van der Waals surface area contributed by atoms with E-state index in [1.165, 1.54) is 11.1 Å². The Morgan fingerprint density at radius 2 is 1.84 bits per heavy atom. The largest absolute Gasteiger partial charge is 0.252 e. The molecule has 2 aromatic heterocycles. The molecule has 0 radical (unpaired) electrons. The van der Waals surface area contributed by atoms with Gasteiger partial charge in [-0.1, -0.05) is 42.1 Å².